The Morgan fingerprint density at radius 3 is 2.89 bits per heavy atom. The van der Waals surface area contributed by atoms with Gasteiger partial charge in [0.05, 0.1) is 11.5 Å². The summed E-state index contributed by atoms with van der Waals surface area (Å²) in [6, 6.07) is 6.40. The Hall–Kier alpha value is -0.210. The largest absolute Gasteiger partial charge is 0.392 e. The van der Waals surface area contributed by atoms with Crippen LogP contribution in [0.3, 0.4) is 0 Å². The Bertz CT molecular complexity index is 513. The molecule has 1 aliphatic heterocycles. The number of benzene rings is 1. The van der Waals surface area contributed by atoms with Crippen LogP contribution in [-0.2, 0) is 16.6 Å². The lowest BCUT2D eigenvalue weighted by atomic mass is 10.2. The van der Waals surface area contributed by atoms with Gasteiger partial charge in [0.2, 0.25) is 10.0 Å². The normalized spacial score (nSPS) is 20.4. The van der Waals surface area contributed by atoms with Gasteiger partial charge >= 0.3 is 0 Å². The molecule has 0 bridgehead atoms. The first-order chi connectivity index (χ1) is 9.12. The summed E-state index contributed by atoms with van der Waals surface area (Å²) in [5, 5.41) is 9.38. The summed E-state index contributed by atoms with van der Waals surface area (Å²) in [7, 11) is -3.48. The van der Waals surface area contributed by atoms with E-state index in [9.17, 15) is 8.42 Å². The molecule has 0 spiro atoms. The Labute approximate surface area is 122 Å². The van der Waals surface area contributed by atoms with Crippen molar-refractivity contribution in [2.75, 3.05) is 23.8 Å². The molecule has 106 valence electrons. The van der Waals surface area contributed by atoms with Gasteiger partial charge in [-0.15, -0.1) is 0 Å². The molecule has 1 aromatic rings. The highest BCUT2D eigenvalue weighted by Gasteiger charge is 2.19. The van der Waals surface area contributed by atoms with Crippen LogP contribution in [-0.4, -0.2) is 42.6 Å². The van der Waals surface area contributed by atoms with E-state index in [0.717, 1.165) is 17.3 Å². The van der Waals surface area contributed by atoms with Crippen molar-refractivity contribution in [1.82, 2.24) is 4.72 Å². The monoisotopic (exact) mass is 319 g/mol. The lowest BCUT2D eigenvalue weighted by molar-refractivity contribution is 0.281. The van der Waals surface area contributed by atoms with Crippen LogP contribution in [0.15, 0.2) is 29.2 Å². The minimum absolute atomic E-state index is 0.154. The van der Waals surface area contributed by atoms with Gasteiger partial charge in [0.25, 0.3) is 0 Å². The average Bonchev–Trinajstić information content (AvgIpc) is 2.46. The molecular formula is C12H17NO3S3. The fourth-order valence-electron chi connectivity index (χ4n) is 1.75. The van der Waals surface area contributed by atoms with Crippen LogP contribution in [0.4, 0.5) is 0 Å². The third kappa shape index (κ3) is 4.39. The van der Waals surface area contributed by atoms with E-state index in [1.54, 1.807) is 18.2 Å². The minimum atomic E-state index is -3.48. The maximum atomic E-state index is 12.1. The maximum absolute atomic E-state index is 12.1. The van der Waals surface area contributed by atoms with E-state index in [1.807, 2.05) is 23.5 Å². The van der Waals surface area contributed by atoms with Crippen LogP contribution < -0.4 is 4.72 Å². The third-order valence-corrected chi connectivity index (χ3v) is 7.04. The molecule has 1 fully saturated rings. The molecule has 2 N–H and O–H groups in total. The zero-order valence-electron chi connectivity index (χ0n) is 10.4. The van der Waals surface area contributed by atoms with Crippen molar-refractivity contribution < 1.29 is 13.5 Å². The molecule has 1 aliphatic rings. The predicted molar refractivity (Wildman–Crippen MR) is 81.1 cm³/mol. The second-order valence-electron chi connectivity index (χ2n) is 4.23. The summed E-state index contributed by atoms with van der Waals surface area (Å²) in [6.07, 6.45) is 0. The molecule has 0 saturated carbocycles. The second kappa shape index (κ2) is 6.99. The van der Waals surface area contributed by atoms with Gasteiger partial charge in [-0.2, -0.15) is 23.5 Å². The molecule has 0 aliphatic carbocycles. The highest BCUT2D eigenvalue weighted by molar-refractivity contribution is 8.06. The molecule has 0 aromatic heterocycles. The zero-order valence-corrected chi connectivity index (χ0v) is 12.9. The predicted octanol–water partition coefficient (Wildman–Crippen LogP) is 1.31. The van der Waals surface area contributed by atoms with Crippen LogP contribution in [0.25, 0.3) is 0 Å². The first kappa shape index (κ1) is 15.2. The fourth-order valence-corrected chi connectivity index (χ4v) is 5.62. The minimum Gasteiger partial charge on any atom is -0.392 e. The molecule has 1 aromatic carbocycles. The first-order valence-corrected chi connectivity index (χ1v) is 9.69. The number of rotatable bonds is 5. The van der Waals surface area contributed by atoms with Crippen molar-refractivity contribution in [3.05, 3.63) is 29.8 Å². The highest BCUT2D eigenvalue weighted by Crippen LogP contribution is 2.23. The Balaban J connectivity index is 2.00. The number of sulfonamides is 1. The quantitative estimate of drug-likeness (QED) is 0.856. The summed E-state index contributed by atoms with van der Waals surface area (Å²) >= 11 is 3.69. The topological polar surface area (TPSA) is 66.4 Å². The molecule has 7 heteroatoms. The van der Waals surface area contributed by atoms with Gasteiger partial charge < -0.3 is 5.11 Å². The summed E-state index contributed by atoms with van der Waals surface area (Å²) < 4.78 is 26.9. The maximum Gasteiger partial charge on any atom is 0.240 e. The number of hydrogen-bond donors (Lipinski definition) is 2. The van der Waals surface area contributed by atoms with Crippen LogP contribution in [0, 0.1) is 0 Å². The van der Waals surface area contributed by atoms with Gasteiger partial charge in [0.15, 0.2) is 0 Å². The lowest BCUT2D eigenvalue weighted by Crippen LogP contribution is -2.33. The molecule has 1 atom stereocenters. The smallest absolute Gasteiger partial charge is 0.240 e. The lowest BCUT2D eigenvalue weighted by Gasteiger charge is -2.21. The molecule has 1 saturated heterocycles. The molecule has 19 heavy (non-hydrogen) atoms. The number of hydrogen-bond acceptors (Lipinski definition) is 5. The Morgan fingerprint density at radius 1 is 1.37 bits per heavy atom. The van der Waals surface area contributed by atoms with Gasteiger partial charge in [-0.25, -0.2) is 13.1 Å². The van der Waals surface area contributed by atoms with Crippen molar-refractivity contribution >= 4 is 33.5 Å². The second-order valence-corrected chi connectivity index (χ2v) is 8.55. The average molecular weight is 319 g/mol. The number of aliphatic hydroxyl groups excluding tert-OH is 1. The molecule has 2 rings (SSSR count). The van der Waals surface area contributed by atoms with Gasteiger partial charge in [-0.1, -0.05) is 12.1 Å². The summed E-state index contributed by atoms with van der Waals surface area (Å²) in [5.41, 5.74) is 0.602. The van der Waals surface area contributed by atoms with Crippen LogP contribution >= 0.6 is 23.5 Å². The molecule has 0 amide bonds. The summed E-state index contributed by atoms with van der Waals surface area (Å²) in [6.45, 7) is 0.307. The van der Waals surface area contributed by atoms with Gasteiger partial charge in [-0.3, -0.25) is 0 Å². The van der Waals surface area contributed by atoms with Crippen LogP contribution in [0.5, 0.6) is 0 Å². The van der Waals surface area contributed by atoms with E-state index in [2.05, 4.69) is 4.72 Å². The van der Waals surface area contributed by atoms with E-state index in [0.29, 0.717) is 17.4 Å². The number of thioether (sulfide) groups is 2. The zero-order chi connectivity index (χ0) is 13.7. The van der Waals surface area contributed by atoms with Crippen molar-refractivity contribution in [3.8, 4) is 0 Å². The van der Waals surface area contributed by atoms with E-state index in [-0.39, 0.29) is 11.5 Å². The van der Waals surface area contributed by atoms with Crippen molar-refractivity contribution in [2.24, 2.45) is 0 Å². The van der Waals surface area contributed by atoms with Crippen molar-refractivity contribution in [2.45, 2.75) is 16.8 Å². The molecule has 4 nitrogen and oxygen atoms in total. The van der Waals surface area contributed by atoms with Crippen LogP contribution in [0.1, 0.15) is 5.56 Å². The number of nitrogens with one attached hydrogen (secondary N) is 1. The van der Waals surface area contributed by atoms with Gasteiger partial charge in [-0.05, 0) is 17.7 Å². The molecule has 1 unspecified atom stereocenters. The van der Waals surface area contributed by atoms with E-state index in [1.165, 1.54) is 6.07 Å². The van der Waals surface area contributed by atoms with Gasteiger partial charge in [0, 0.05) is 29.1 Å². The SMILES string of the molecule is O=S(=O)(NCC1CSCCS1)c1cccc(CO)c1. The standard InChI is InChI=1S/C12H17NO3S3/c14-8-10-2-1-3-12(6-10)19(15,16)13-7-11-9-17-4-5-18-11/h1-3,6,11,13-14H,4-5,7-9H2. The van der Waals surface area contributed by atoms with Crippen molar-refractivity contribution in [1.29, 1.82) is 0 Å². The van der Waals surface area contributed by atoms with E-state index in [4.69, 9.17) is 5.11 Å². The Morgan fingerprint density at radius 2 is 2.21 bits per heavy atom. The molecule has 0 radical (unpaired) electrons. The van der Waals surface area contributed by atoms with Crippen LogP contribution in [0.2, 0.25) is 0 Å². The highest BCUT2D eigenvalue weighted by atomic mass is 32.2. The Kier molecular flexibility index (Phi) is 5.58. The summed E-state index contributed by atoms with van der Waals surface area (Å²) in [5.74, 6) is 3.22. The fraction of sp³-hybridized carbons (Fsp3) is 0.500. The molecular weight excluding hydrogens is 302 g/mol. The van der Waals surface area contributed by atoms with E-state index < -0.39 is 10.0 Å². The molecule has 1 heterocycles. The summed E-state index contributed by atoms with van der Waals surface area (Å²) in [4.78, 5) is 0.215. The van der Waals surface area contributed by atoms with E-state index >= 15 is 0 Å². The number of aliphatic hydroxyl groups is 1. The van der Waals surface area contributed by atoms with Crippen molar-refractivity contribution in [3.63, 3.8) is 0 Å². The third-order valence-electron chi connectivity index (χ3n) is 2.78. The van der Waals surface area contributed by atoms with Gasteiger partial charge in [0.1, 0.15) is 0 Å². The first-order valence-electron chi connectivity index (χ1n) is 6.00.